The number of sulfonamides is 1. The van der Waals surface area contributed by atoms with Crippen LogP contribution in [0.3, 0.4) is 0 Å². The molecule has 0 spiro atoms. The van der Waals surface area contributed by atoms with Gasteiger partial charge in [-0.2, -0.15) is 4.31 Å². The van der Waals surface area contributed by atoms with Crippen LogP contribution in [0.4, 0.5) is 0 Å². The van der Waals surface area contributed by atoms with Gasteiger partial charge in [-0.3, -0.25) is 9.69 Å². The van der Waals surface area contributed by atoms with Gasteiger partial charge in [-0.05, 0) is 50.6 Å². The molecule has 1 amide bonds. The minimum Gasteiger partial charge on any atom is -0.319 e. The molecule has 2 aromatic carbocycles. The number of hydrogen-bond donors (Lipinski definition) is 0. The highest BCUT2D eigenvalue weighted by Crippen LogP contribution is 2.35. The summed E-state index contributed by atoms with van der Waals surface area (Å²) in [5.41, 5.74) is 1.82. The first kappa shape index (κ1) is 21.0. The maximum atomic E-state index is 13.5. The van der Waals surface area contributed by atoms with Gasteiger partial charge < -0.3 is 4.90 Å². The van der Waals surface area contributed by atoms with Crippen molar-refractivity contribution in [1.29, 1.82) is 0 Å². The molecule has 2 saturated heterocycles. The molecule has 160 valence electrons. The van der Waals surface area contributed by atoms with Crippen molar-refractivity contribution >= 4 is 15.9 Å². The number of aryl methyl sites for hydroxylation is 1. The van der Waals surface area contributed by atoms with E-state index in [1.54, 1.807) is 29.2 Å². The topological polar surface area (TPSA) is 60.9 Å². The van der Waals surface area contributed by atoms with E-state index in [2.05, 4.69) is 4.90 Å². The van der Waals surface area contributed by atoms with Gasteiger partial charge in [-0.1, -0.05) is 54.4 Å². The fraction of sp³-hybridized carbons (Fsp3) is 0.435. The fourth-order valence-electron chi connectivity index (χ4n) is 4.34. The standard InChI is InChI=1S/C23H29N3O3S/c1-19-10-12-21(13-11-19)30(28,29)26-17-16-25(23(26)20-8-4-2-5-9-20)22(27)18-24-14-6-3-7-15-24/h2,4-5,8-13,23H,3,6-7,14-18H2,1H3. The van der Waals surface area contributed by atoms with Crippen LogP contribution in [0.15, 0.2) is 59.5 Å². The summed E-state index contributed by atoms with van der Waals surface area (Å²) < 4.78 is 28.4. The van der Waals surface area contributed by atoms with Crippen LogP contribution in [0, 0.1) is 6.92 Å². The number of nitrogens with zero attached hydrogens (tertiary/aromatic N) is 3. The molecule has 0 radical (unpaired) electrons. The van der Waals surface area contributed by atoms with Gasteiger partial charge in [-0.15, -0.1) is 0 Å². The lowest BCUT2D eigenvalue weighted by atomic mass is 10.1. The molecule has 2 heterocycles. The number of piperidine rings is 1. The van der Waals surface area contributed by atoms with E-state index < -0.39 is 16.2 Å². The van der Waals surface area contributed by atoms with Crippen LogP contribution < -0.4 is 0 Å². The molecule has 4 rings (SSSR count). The molecule has 2 aromatic rings. The van der Waals surface area contributed by atoms with Gasteiger partial charge in [0, 0.05) is 13.1 Å². The van der Waals surface area contributed by atoms with Crippen LogP contribution in [-0.4, -0.2) is 61.2 Å². The van der Waals surface area contributed by atoms with E-state index in [0.717, 1.165) is 37.1 Å². The van der Waals surface area contributed by atoms with Crippen molar-refractivity contribution in [2.75, 3.05) is 32.7 Å². The maximum Gasteiger partial charge on any atom is 0.245 e. The summed E-state index contributed by atoms with van der Waals surface area (Å²) in [5, 5.41) is 0. The van der Waals surface area contributed by atoms with Crippen LogP contribution in [0.2, 0.25) is 0 Å². The molecule has 2 fully saturated rings. The monoisotopic (exact) mass is 427 g/mol. The Hall–Kier alpha value is -2.22. The van der Waals surface area contributed by atoms with Gasteiger partial charge >= 0.3 is 0 Å². The highest BCUT2D eigenvalue weighted by Gasteiger charge is 2.43. The third kappa shape index (κ3) is 4.29. The van der Waals surface area contributed by atoms with Gasteiger partial charge in [-0.25, -0.2) is 8.42 Å². The largest absolute Gasteiger partial charge is 0.319 e. The minimum absolute atomic E-state index is 0.00707. The van der Waals surface area contributed by atoms with Crippen LogP contribution in [0.25, 0.3) is 0 Å². The average Bonchev–Trinajstić information content (AvgIpc) is 3.22. The van der Waals surface area contributed by atoms with Crippen LogP contribution in [-0.2, 0) is 14.8 Å². The first-order valence-corrected chi connectivity index (χ1v) is 12.1. The number of carbonyl (C=O) groups excluding carboxylic acids is 1. The van der Waals surface area contributed by atoms with Crippen LogP contribution >= 0.6 is 0 Å². The van der Waals surface area contributed by atoms with Gasteiger partial charge in [0.25, 0.3) is 0 Å². The number of hydrogen-bond acceptors (Lipinski definition) is 4. The van der Waals surface area contributed by atoms with Crippen molar-refractivity contribution in [3.8, 4) is 0 Å². The molecule has 1 atom stereocenters. The lowest BCUT2D eigenvalue weighted by Gasteiger charge is -2.32. The molecule has 2 aliphatic heterocycles. The Morgan fingerprint density at radius 2 is 1.57 bits per heavy atom. The Labute approximate surface area is 179 Å². The summed E-state index contributed by atoms with van der Waals surface area (Å²) in [6.45, 7) is 4.84. The van der Waals surface area contributed by atoms with E-state index >= 15 is 0 Å². The van der Waals surface area contributed by atoms with E-state index in [1.807, 2.05) is 37.3 Å². The van der Waals surface area contributed by atoms with Gasteiger partial charge in [0.2, 0.25) is 15.9 Å². The molecule has 0 N–H and O–H groups in total. The number of likely N-dealkylation sites (tertiary alicyclic amines) is 1. The smallest absolute Gasteiger partial charge is 0.245 e. The van der Waals surface area contributed by atoms with E-state index in [-0.39, 0.29) is 10.8 Å². The second-order valence-electron chi connectivity index (χ2n) is 8.14. The lowest BCUT2D eigenvalue weighted by Crippen LogP contribution is -2.44. The van der Waals surface area contributed by atoms with Crippen molar-refractivity contribution in [1.82, 2.24) is 14.1 Å². The zero-order chi connectivity index (χ0) is 21.1. The van der Waals surface area contributed by atoms with Crippen LogP contribution in [0.5, 0.6) is 0 Å². The molecule has 1 unspecified atom stereocenters. The van der Waals surface area contributed by atoms with Gasteiger partial charge in [0.05, 0.1) is 11.4 Å². The summed E-state index contributed by atoms with van der Waals surface area (Å²) in [7, 11) is -3.73. The van der Waals surface area contributed by atoms with Crippen LogP contribution in [0.1, 0.15) is 36.6 Å². The normalized spacial score (nSPS) is 21.1. The SMILES string of the molecule is Cc1ccc(S(=O)(=O)N2CCN(C(=O)CN3CCCCC3)C2c2ccccc2)cc1. The zero-order valence-corrected chi connectivity index (χ0v) is 18.2. The van der Waals surface area contributed by atoms with Crippen molar-refractivity contribution in [2.45, 2.75) is 37.2 Å². The number of rotatable bonds is 5. The van der Waals surface area contributed by atoms with E-state index in [9.17, 15) is 13.2 Å². The molecule has 0 bridgehead atoms. The number of carbonyl (C=O) groups is 1. The molecular weight excluding hydrogens is 398 g/mol. The van der Waals surface area contributed by atoms with E-state index in [0.29, 0.717) is 19.6 Å². The maximum absolute atomic E-state index is 13.5. The van der Waals surface area contributed by atoms with Gasteiger partial charge in [0.1, 0.15) is 6.17 Å². The summed E-state index contributed by atoms with van der Waals surface area (Å²) in [4.78, 5) is 17.4. The van der Waals surface area contributed by atoms with Crippen molar-refractivity contribution in [3.63, 3.8) is 0 Å². The summed E-state index contributed by atoms with van der Waals surface area (Å²) in [6.07, 6.45) is 2.82. The first-order chi connectivity index (χ1) is 14.5. The molecule has 2 aliphatic rings. The zero-order valence-electron chi connectivity index (χ0n) is 17.4. The second-order valence-corrected chi connectivity index (χ2v) is 10.0. The molecule has 7 heteroatoms. The summed E-state index contributed by atoms with van der Waals surface area (Å²) in [6, 6.07) is 16.4. The Kier molecular flexibility index (Phi) is 6.22. The average molecular weight is 428 g/mol. The Morgan fingerprint density at radius 1 is 0.900 bits per heavy atom. The van der Waals surface area contributed by atoms with Crippen molar-refractivity contribution in [2.24, 2.45) is 0 Å². The first-order valence-electron chi connectivity index (χ1n) is 10.6. The highest BCUT2D eigenvalue weighted by molar-refractivity contribution is 7.89. The van der Waals surface area contributed by atoms with E-state index in [4.69, 9.17) is 0 Å². The Bertz CT molecular complexity index is 971. The molecule has 6 nitrogen and oxygen atoms in total. The third-order valence-corrected chi connectivity index (χ3v) is 7.85. The lowest BCUT2D eigenvalue weighted by molar-refractivity contribution is -0.134. The van der Waals surface area contributed by atoms with E-state index in [1.165, 1.54) is 10.7 Å². The Morgan fingerprint density at radius 3 is 2.23 bits per heavy atom. The molecule has 0 aliphatic carbocycles. The summed E-state index contributed by atoms with van der Waals surface area (Å²) >= 11 is 0. The molecule has 0 aromatic heterocycles. The van der Waals surface area contributed by atoms with Crippen molar-refractivity contribution in [3.05, 3.63) is 65.7 Å². The quantitative estimate of drug-likeness (QED) is 0.736. The van der Waals surface area contributed by atoms with Gasteiger partial charge in [0.15, 0.2) is 0 Å². The molecular formula is C23H29N3O3S. The second kappa shape index (κ2) is 8.88. The summed E-state index contributed by atoms with van der Waals surface area (Å²) in [5.74, 6) is -0.00707. The number of benzene rings is 2. The number of amides is 1. The molecule has 30 heavy (non-hydrogen) atoms. The predicted octanol–water partition coefficient (Wildman–Crippen LogP) is 3.01. The third-order valence-electron chi connectivity index (χ3n) is 5.98. The minimum atomic E-state index is -3.73. The van der Waals surface area contributed by atoms with Crippen molar-refractivity contribution < 1.29 is 13.2 Å². The Balaban J connectivity index is 1.64. The predicted molar refractivity (Wildman–Crippen MR) is 116 cm³/mol. The molecule has 0 saturated carbocycles. The highest BCUT2D eigenvalue weighted by atomic mass is 32.2. The fourth-order valence-corrected chi connectivity index (χ4v) is 5.91.